The third kappa shape index (κ3) is 7.01. The van der Waals surface area contributed by atoms with Crippen molar-refractivity contribution in [2.24, 2.45) is 5.73 Å². The quantitative estimate of drug-likeness (QED) is 0.665. The Morgan fingerprint density at radius 3 is 2.90 bits per heavy atom. The normalized spacial score (nSPS) is 20.4. The molecule has 1 saturated heterocycles. The number of carbonyl (C=O) groups is 2. The van der Waals surface area contributed by atoms with Gasteiger partial charge in [0.1, 0.15) is 0 Å². The molecule has 8 heteroatoms. The number of hydrogen-bond acceptors (Lipinski definition) is 5. The number of likely N-dealkylation sites (N-methyl/N-ethyl adjacent to an activating group) is 1. The van der Waals surface area contributed by atoms with Crippen LogP contribution < -0.4 is 11.1 Å². The third-order valence-electron chi connectivity index (χ3n) is 3.15. The van der Waals surface area contributed by atoms with Crippen LogP contribution in [0.1, 0.15) is 6.92 Å². The zero-order valence-electron chi connectivity index (χ0n) is 13.0. The van der Waals surface area contributed by atoms with E-state index in [0.717, 1.165) is 5.75 Å². The summed E-state index contributed by atoms with van der Waals surface area (Å²) in [6.45, 7) is 4.39. The van der Waals surface area contributed by atoms with Crippen molar-refractivity contribution in [2.75, 3.05) is 51.8 Å². The van der Waals surface area contributed by atoms with Crippen molar-refractivity contribution < 1.29 is 14.3 Å². The van der Waals surface area contributed by atoms with Crippen molar-refractivity contribution in [2.45, 2.75) is 19.1 Å². The molecular formula is C13H26N4O3S. The van der Waals surface area contributed by atoms with Crippen LogP contribution in [0.4, 0.5) is 4.79 Å². The minimum absolute atomic E-state index is 0.0533. The van der Waals surface area contributed by atoms with Crippen LogP contribution in [-0.2, 0) is 9.53 Å². The van der Waals surface area contributed by atoms with E-state index in [1.54, 1.807) is 16.7 Å². The van der Waals surface area contributed by atoms with Gasteiger partial charge in [0.25, 0.3) is 0 Å². The molecule has 0 aromatic carbocycles. The number of primary amides is 1. The summed E-state index contributed by atoms with van der Waals surface area (Å²) < 4.78 is 5.64. The molecule has 3 amide bonds. The summed E-state index contributed by atoms with van der Waals surface area (Å²) in [5, 5.41) is 2.98. The van der Waals surface area contributed by atoms with Crippen molar-refractivity contribution in [1.29, 1.82) is 0 Å². The second kappa shape index (κ2) is 9.11. The van der Waals surface area contributed by atoms with Crippen molar-refractivity contribution in [3.8, 4) is 0 Å². The Kier molecular flexibility index (Phi) is 7.84. The van der Waals surface area contributed by atoms with Crippen LogP contribution in [0, 0.1) is 0 Å². The second-order valence-corrected chi connectivity index (χ2v) is 6.32. The molecule has 0 radical (unpaired) electrons. The fraction of sp³-hybridized carbons (Fsp3) is 0.846. The Hall–Kier alpha value is -0.990. The first-order chi connectivity index (χ1) is 9.92. The summed E-state index contributed by atoms with van der Waals surface area (Å²) in [4.78, 5) is 26.6. The number of amides is 3. The van der Waals surface area contributed by atoms with Gasteiger partial charge in [-0.15, -0.1) is 0 Å². The maximum atomic E-state index is 12.2. The van der Waals surface area contributed by atoms with E-state index in [4.69, 9.17) is 10.5 Å². The molecule has 2 atom stereocenters. The highest BCUT2D eigenvalue weighted by atomic mass is 32.2. The summed E-state index contributed by atoms with van der Waals surface area (Å²) in [7, 11) is 1.81. The lowest BCUT2D eigenvalue weighted by Crippen LogP contribution is -2.54. The predicted molar refractivity (Wildman–Crippen MR) is 84.4 cm³/mol. The van der Waals surface area contributed by atoms with Gasteiger partial charge in [0.05, 0.1) is 19.3 Å². The Labute approximate surface area is 130 Å². The summed E-state index contributed by atoms with van der Waals surface area (Å²) in [5.74, 6) is 0.523. The molecule has 7 nitrogen and oxygen atoms in total. The molecule has 0 aromatic heterocycles. The zero-order valence-corrected chi connectivity index (χ0v) is 13.8. The summed E-state index contributed by atoms with van der Waals surface area (Å²) in [5.41, 5.74) is 5.16. The van der Waals surface area contributed by atoms with Crippen LogP contribution in [0.25, 0.3) is 0 Å². The maximum Gasteiger partial charge on any atom is 0.317 e. The molecule has 122 valence electrons. The Morgan fingerprint density at radius 1 is 1.57 bits per heavy atom. The molecule has 1 rings (SSSR count). The van der Waals surface area contributed by atoms with Crippen LogP contribution in [0.2, 0.25) is 0 Å². The van der Waals surface area contributed by atoms with E-state index in [2.05, 4.69) is 5.32 Å². The Morgan fingerprint density at radius 2 is 2.29 bits per heavy atom. The molecule has 2 unspecified atom stereocenters. The van der Waals surface area contributed by atoms with Crippen LogP contribution in [0.3, 0.4) is 0 Å². The first-order valence-electron chi connectivity index (χ1n) is 7.05. The fourth-order valence-corrected chi connectivity index (χ4v) is 2.87. The van der Waals surface area contributed by atoms with Gasteiger partial charge in [0.2, 0.25) is 5.91 Å². The number of carbonyl (C=O) groups excluding carboxylic acids is 2. The zero-order chi connectivity index (χ0) is 15.8. The molecule has 0 saturated carbocycles. The van der Waals surface area contributed by atoms with Gasteiger partial charge in [-0.2, -0.15) is 11.8 Å². The largest absolute Gasteiger partial charge is 0.373 e. The third-order valence-corrected chi connectivity index (χ3v) is 3.99. The van der Waals surface area contributed by atoms with E-state index in [9.17, 15) is 9.59 Å². The van der Waals surface area contributed by atoms with E-state index < -0.39 is 0 Å². The standard InChI is InChI=1S/C13H26N4O3S/c1-10(9-21-3)15-13(19)17-4-5-20-11(7-17)6-16(2)8-12(14)18/h10-11H,4-9H2,1-3H3,(H2,14,18)(H,15,19). The average molecular weight is 318 g/mol. The van der Waals surface area contributed by atoms with Crippen molar-refractivity contribution in [3.63, 3.8) is 0 Å². The molecule has 1 aliphatic heterocycles. The van der Waals surface area contributed by atoms with Crippen LogP contribution in [0.15, 0.2) is 0 Å². The Balaban J connectivity index is 2.40. The molecule has 21 heavy (non-hydrogen) atoms. The number of rotatable bonds is 7. The lowest BCUT2D eigenvalue weighted by atomic mass is 10.2. The van der Waals surface area contributed by atoms with E-state index >= 15 is 0 Å². The monoisotopic (exact) mass is 318 g/mol. The van der Waals surface area contributed by atoms with Gasteiger partial charge >= 0.3 is 6.03 Å². The minimum Gasteiger partial charge on any atom is -0.373 e. The maximum absolute atomic E-state index is 12.2. The van der Waals surface area contributed by atoms with Gasteiger partial charge in [-0.05, 0) is 20.2 Å². The first kappa shape index (κ1) is 18.1. The second-order valence-electron chi connectivity index (χ2n) is 5.41. The predicted octanol–water partition coefficient (Wildman–Crippen LogP) is -0.435. The average Bonchev–Trinajstić information content (AvgIpc) is 2.38. The number of nitrogens with two attached hydrogens (primary N) is 1. The van der Waals surface area contributed by atoms with Gasteiger partial charge in [-0.3, -0.25) is 9.69 Å². The highest BCUT2D eigenvalue weighted by Crippen LogP contribution is 2.07. The van der Waals surface area contributed by atoms with E-state index in [0.29, 0.717) is 26.2 Å². The number of ether oxygens (including phenoxy) is 1. The lowest BCUT2D eigenvalue weighted by Gasteiger charge is -2.35. The molecule has 0 bridgehead atoms. The fourth-order valence-electron chi connectivity index (χ4n) is 2.29. The molecule has 1 heterocycles. The van der Waals surface area contributed by atoms with Crippen molar-refractivity contribution in [3.05, 3.63) is 0 Å². The topological polar surface area (TPSA) is 87.9 Å². The number of nitrogens with zero attached hydrogens (tertiary/aromatic N) is 2. The van der Waals surface area contributed by atoms with E-state index in [1.165, 1.54) is 0 Å². The molecular weight excluding hydrogens is 292 g/mol. The van der Waals surface area contributed by atoms with Crippen LogP contribution >= 0.6 is 11.8 Å². The van der Waals surface area contributed by atoms with Crippen molar-refractivity contribution in [1.82, 2.24) is 15.1 Å². The first-order valence-corrected chi connectivity index (χ1v) is 8.44. The van der Waals surface area contributed by atoms with Crippen molar-refractivity contribution >= 4 is 23.7 Å². The SMILES string of the molecule is CSCC(C)NC(=O)N1CCOC(CN(C)CC(N)=O)C1. The molecule has 1 fully saturated rings. The van der Waals surface area contributed by atoms with Gasteiger partial charge < -0.3 is 20.7 Å². The Bertz CT molecular complexity index is 356. The lowest BCUT2D eigenvalue weighted by molar-refractivity contribution is -0.119. The van der Waals surface area contributed by atoms with Gasteiger partial charge in [0.15, 0.2) is 0 Å². The van der Waals surface area contributed by atoms with E-state index in [1.807, 2.05) is 25.1 Å². The van der Waals surface area contributed by atoms with E-state index in [-0.39, 0.29) is 30.6 Å². The molecule has 0 aromatic rings. The van der Waals surface area contributed by atoms with Crippen LogP contribution in [-0.4, -0.2) is 85.7 Å². The number of thioether (sulfide) groups is 1. The molecule has 1 aliphatic rings. The van der Waals surface area contributed by atoms with Gasteiger partial charge in [-0.25, -0.2) is 4.79 Å². The molecule has 0 aliphatic carbocycles. The number of nitrogens with one attached hydrogen (secondary N) is 1. The smallest absolute Gasteiger partial charge is 0.317 e. The summed E-state index contributed by atoms with van der Waals surface area (Å²) in [6.07, 6.45) is 1.92. The number of urea groups is 1. The minimum atomic E-state index is -0.367. The summed E-state index contributed by atoms with van der Waals surface area (Å²) >= 11 is 1.70. The highest BCUT2D eigenvalue weighted by Gasteiger charge is 2.25. The number of hydrogen-bond donors (Lipinski definition) is 2. The number of morpholine rings is 1. The van der Waals surface area contributed by atoms with Crippen LogP contribution in [0.5, 0.6) is 0 Å². The van der Waals surface area contributed by atoms with Gasteiger partial charge in [0, 0.05) is 31.4 Å². The molecule has 0 spiro atoms. The highest BCUT2D eigenvalue weighted by molar-refractivity contribution is 7.98. The summed E-state index contributed by atoms with van der Waals surface area (Å²) in [6, 6.07) is 0.0914. The van der Waals surface area contributed by atoms with Gasteiger partial charge in [-0.1, -0.05) is 0 Å². The molecule has 3 N–H and O–H groups in total.